The van der Waals surface area contributed by atoms with Crippen molar-refractivity contribution >= 4 is 46.4 Å². The number of nitrogens with two attached hydrogens (primary N) is 1. The van der Waals surface area contributed by atoms with E-state index in [9.17, 15) is 18.0 Å². The molecule has 1 unspecified atom stereocenters. The SMILES string of the molecule is CC(CCn1c(Nc2cc(Cl)cc(C(F)(F)F)c2)nc2cnc(NC(C)(C)C)nc21)OC(N)=O. The van der Waals surface area contributed by atoms with E-state index in [4.69, 9.17) is 22.1 Å². The molecule has 0 fully saturated rings. The second kappa shape index (κ2) is 9.53. The number of hydrogen-bond acceptors (Lipinski definition) is 7. The van der Waals surface area contributed by atoms with Gasteiger partial charge in [0, 0.05) is 29.2 Å². The lowest BCUT2D eigenvalue weighted by Gasteiger charge is -2.20. The molecule has 0 aliphatic carbocycles. The maximum atomic E-state index is 13.2. The maximum Gasteiger partial charge on any atom is 0.416 e. The van der Waals surface area contributed by atoms with Crippen LogP contribution < -0.4 is 16.4 Å². The topological polar surface area (TPSA) is 120 Å². The molecule has 3 rings (SSSR count). The van der Waals surface area contributed by atoms with Crippen LogP contribution >= 0.6 is 11.6 Å². The van der Waals surface area contributed by atoms with E-state index in [2.05, 4.69) is 25.6 Å². The lowest BCUT2D eigenvalue weighted by atomic mass is 10.1. The number of amides is 1. The first-order valence-electron chi connectivity index (χ1n) is 10.3. The Morgan fingerprint density at radius 3 is 2.56 bits per heavy atom. The van der Waals surface area contributed by atoms with Gasteiger partial charge in [0.15, 0.2) is 5.65 Å². The third-order valence-electron chi connectivity index (χ3n) is 4.53. The average Bonchev–Trinajstić information content (AvgIpc) is 2.99. The summed E-state index contributed by atoms with van der Waals surface area (Å²) in [6.45, 7) is 7.79. The number of rotatable bonds is 7. The number of benzene rings is 1. The minimum absolute atomic E-state index is 0.0834. The Labute approximate surface area is 198 Å². The van der Waals surface area contributed by atoms with Gasteiger partial charge in [0.2, 0.25) is 11.9 Å². The zero-order valence-electron chi connectivity index (χ0n) is 19.0. The third-order valence-corrected chi connectivity index (χ3v) is 4.75. The summed E-state index contributed by atoms with van der Waals surface area (Å²) in [5.41, 5.74) is 4.83. The van der Waals surface area contributed by atoms with Crippen LogP contribution in [-0.2, 0) is 17.5 Å². The van der Waals surface area contributed by atoms with E-state index in [0.29, 0.717) is 23.5 Å². The fraction of sp³-hybridized carbons (Fsp3) is 0.429. The summed E-state index contributed by atoms with van der Waals surface area (Å²) in [6, 6.07) is 3.14. The monoisotopic (exact) mass is 499 g/mol. The highest BCUT2D eigenvalue weighted by Gasteiger charge is 2.31. The number of aromatic nitrogens is 4. The van der Waals surface area contributed by atoms with E-state index in [1.165, 1.54) is 12.3 Å². The van der Waals surface area contributed by atoms with Crippen molar-refractivity contribution in [3.05, 3.63) is 35.0 Å². The summed E-state index contributed by atoms with van der Waals surface area (Å²) >= 11 is 5.92. The molecule has 0 radical (unpaired) electrons. The number of nitrogens with zero attached hydrogens (tertiary/aromatic N) is 4. The minimum Gasteiger partial charge on any atom is -0.447 e. The normalized spacial score (nSPS) is 13.1. The molecule has 0 saturated carbocycles. The number of alkyl halides is 3. The molecule has 2 aromatic heterocycles. The molecule has 0 aliphatic rings. The van der Waals surface area contributed by atoms with Crippen molar-refractivity contribution in [2.24, 2.45) is 5.73 Å². The Morgan fingerprint density at radius 2 is 1.94 bits per heavy atom. The standard InChI is InChI=1S/C21H25ClF3N7O2/c1-11(34-17(26)33)5-6-32-16-15(10-27-18(30-16)31-20(2,3)4)29-19(32)28-14-8-12(21(23,24)25)7-13(22)9-14/h7-11H,5-6H2,1-4H3,(H2,26,33)(H,28,29)(H,27,30,31). The van der Waals surface area contributed by atoms with Gasteiger partial charge in [-0.15, -0.1) is 0 Å². The van der Waals surface area contributed by atoms with Crippen molar-refractivity contribution in [2.75, 3.05) is 10.6 Å². The van der Waals surface area contributed by atoms with Crippen molar-refractivity contribution in [3.63, 3.8) is 0 Å². The second-order valence-corrected chi connectivity index (χ2v) is 9.19. The molecule has 0 aliphatic heterocycles. The van der Waals surface area contributed by atoms with Crippen LogP contribution in [0.5, 0.6) is 0 Å². The number of fused-ring (bicyclic) bond motifs is 1. The van der Waals surface area contributed by atoms with Crippen LogP contribution in [-0.4, -0.2) is 37.3 Å². The summed E-state index contributed by atoms with van der Waals surface area (Å²) in [6.07, 6.45) is -4.13. The number of imidazole rings is 1. The summed E-state index contributed by atoms with van der Waals surface area (Å²) in [5, 5.41) is 5.98. The molecule has 0 spiro atoms. The number of carbonyl (C=O) groups is 1. The molecule has 4 N–H and O–H groups in total. The Bertz CT molecular complexity index is 1190. The molecule has 1 aromatic carbocycles. The first kappa shape index (κ1) is 25.3. The number of hydrogen-bond donors (Lipinski definition) is 3. The fourth-order valence-electron chi connectivity index (χ4n) is 3.14. The molecule has 2 heterocycles. The Hall–Kier alpha value is -3.28. The number of nitrogens with one attached hydrogen (secondary N) is 2. The van der Waals surface area contributed by atoms with E-state index in [1.54, 1.807) is 11.5 Å². The van der Waals surface area contributed by atoms with Gasteiger partial charge < -0.3 is 21.1 Å². The van der Waals surface area contributed by atoms with Crippen LogP contribution in [0.3, 0.4) is 0 Å². The molecule has 1 atom stereocenters. The Balaban J connectivity index is 2.02. The van der Waals surface area contributed by atoms with Crippen LogP contribution in [0.25, 0.3) is 11.2 Å². The van der Waals surface area contributed by atoms with Crippen molar-refractivity contribution in [3.8, 4) is 0 Å². The van der Waals surface area contributed by atoms with Gasteiger partial charge in [-0.3, -0.25) is 4.57 Å². The second-order valence-electron chi connectivity index (χ2n) is 8.75. The molecule has 0 bridgehead atoms. The summed E-state index contributed by atoms with van der Waals surface area (Å²) < 4.78 is 46.4. The highest BCUT2D eigenvalue weighted by molar-refractivity contribution is 6.31. The first-order chi connectivity index (χ1) is 15.7. The number of anilines is 3. The van der Waals surface area contributed by atoms with E-state index >= 15 is 0 Å². The van der Waals surface area contributed by atoms with Gasteiger partial charge in [0.25, 0.3) is 0 Å². The van der Waals surface area contributed by atoms with Crippen LogP contribution in [0.4, 0.5) is 35.5 Å². The Morgan fingerprint density at radius 1 is 1.24 bits per heavy atom. The Kier molecular flexibility index (Phi) is 7.10. The van der Waals surface area contributed by atoms with Crippen molar-refractivity contribution < 1.29 is 22.7 Å². The highest BCUT2D eigenvalue weighted by Crippen LogP contribution is 2.34. The van der Waals surface area contributed by atoms with Gasteiger partial charge in [-0.1, -0.05) is 11.6 Å². The average molecular weight is 500 g/mol. The summed E-state index contributed by atoms with van der Waals surface area (Å²) in [5.74, 6) is 0.579. The lowest BCUT2D eigenvalue weighted by molar-refractivity contribution is -0.137. The zero-order valence-corrected chi connectivity index (χ0v) is 19.8. The van der Waals surface area contributed by atoms with Gasteiger partial charge in [-0.2, -0.15) is 18.2 Å². The van der Waals surface area contributed by atoms with Crippen molar-refractivity contribution in [1.29, 1.82) is 0 Å². The van der Waals surface area contributed by atoms with Gasteiger partial charge in [0.05, 0.1) is 11.8 Å². The number of carbonyl (C=O) groups excluding carboxylic acids is 1. The molecule has 34 heavy (non-hydrogen) atoms. The third kappa shape index (κ3) is 6.62. The molecule has 3 aromatic rings. The first-order valence-corrected chi connectivity index (χ1v) is 10.7. The van der Waals surface area contributed by atoms with Crippen LogP contribution in [0.15, 0.2) is 24.4 Å². The van der Waals surface area contributed by atoms with Gasteiger partial charge in [-0.25, -0.2) is 14.8 Å². The van der Waals surface area contributed by atoms with Crippen molar-refractivity contribution in [1.82, 2.24) is 19.5 Å². The van der Waals surface area contributed by atoms with Gasteiger partial charge in [0.1, 0.15) is 11.6 Å². The fourth-order valence-corrected chi connectivity index (χ4v) is 3.38. The van der Waals surface area contributed by atoms with Crippen LogP contribution in [0.1, 0.15) is 39.7 Å². The van der Waals surface area contributed by atoms with E-state index < -0.39 is 23.9 Å². The highest BCUT2D eigenvalue weighted by atomic mass is 35.5. The molecule has 1 amide bonds. The quantitative estimate of drug-likeness (QED) is 0.402. The largest absolute Gasteiger partial charge is 0.447 e. The lowest BCUT2D eigenvalue weighted by Crippen LogP contribution is -2.27. The summed E-state index contributed by atoms with van der Waals surface area (Å²) in [4.78, 5) is 24.3. The predicted octanol–water partition coefficient (Wildman–Crippen LogP) is 5.33. The molecule has 13 heteroatoms. The van der Waals surface area contributed by atoms with Crippen molar-refractivity contribution in [2.45, 2.75) is 58.5 Å². The molecule has 184 valence electrons. The van der Waals surface area contributed by atoms with Crippen LogP contribution in [0, 0.1) is 0 Å². The molecule has 0 saturated heterocycles. The smallest absolute Gasteiger partial charge is 0.416 e. The van der Waals surface area contributed by atoms with Crippen LogP contribution in [0.2, 0.25) is 5.02 Å². The molecular formula is C21H25ClF3N7O2. The number of aryl methyl sites for hydroxylation is 1. The van der Waals surface area contributed by atoms with E-state index in [0.717, 1.165) is 12.1 Å². The molecule has 9 nitrogen and oxygen atoms in total. The zero-order chi connectivity index (χ0) is 25.3. The van der Waals surface area contributed by atoms with Gasteiger partial charge in [-0.05, 0) is 45.9 Å². The van der Waals surface area contributed by atoms with E-state index in [-0.39, 0.29) is 28.7 Å². The number of ether oxygens (including phenoxy) is 1. The van der Waals surface area contributed by atoms with Gasteiger partial charge >= 0.3 is 12.3 Å². The molecular weight excluding hydrogens is 475 g/mol. The summed E-state index contributed by atoms with van der Waals surface area (Å²) in [7, 11) is 0. The number of halogens is 4. The maximum absolute atomic E-state index is 13.2. The van der Waals surface area contributed by atoms with E-state index in [1.807, 2.05) is 20.8 Å². The number of primary amides is 1. The minimum atomic E-state index is -4.57. The predicted molar refractivity (Wildman–Crippen MR) is 123 cm³/mol.